The largest absolute Gasteiger partial charge is 0.337 e. The lowest BCUT2D eigenvalue weighted by Gasteiger charge is -2.02. The van der Waals surface area contributed by atoms with E-state index in [-0.39, 0.29) is 0 Å². The first-order valence-corrected chi connectivity index (χ1v) is 6.54. The Balaban J connectivity index is 2.20. The molecule has 0 radical (unpaired) electrons. The minimum atomic E-state index is 0.901. The van der Waals surface area contributed by atoms with Gasteiger partial charge >= 0.3 is 0 Å². The minimum Gasteiger partial charge on any atom is -0.337 e. The van der Waals surface area contributed by atoms with Gasteiger partial charge < -0.3 is 4.98 Å². The molecule has 3 rings (SSSR count). The summed E-state index contributed by atoms with van der Waals surface area (Å²) in [6.07, 6.45) is 5.63. The standard InChI is InChI=1S/C13H11N3S/c1-17-12-5-3-2-4-9(12)13-15-10-6-7-14-8-11(10)16-13/h2-8H,1H3,(H,15,16). The van der Waals surface area contributed by atoms with Crippen LogP contribution in [0.4, 0.5) is 0 Å². The second-order valence-electron chi connectivity index (χ2n) is 3.68. The number of nitrogens with zero attached hydrogens (tertiary/aromatic N) is 2. The van der Waals surface area contributed by atoms with Crippen LogP contribution in [0.3, 0.4) is 0 Å². The van der Waals surface area contributed by atoms with Crippen molar-refractivity contribution in [3.05, 3.63) is 42.7 Å². The van der Waals surface area contributed by atoms with Crippen LogP contribution >= 0.6 is 11.8 Å². The van der Waals surface area contributed by atoms with E-state index >= 15 is 0 Å². The number of hydrogen-bond donors (Lipinski definition) is 1. The maximum absolute atomic E-state index is 4.58. The van der Waals surface area contributed by atoms with E-state index in [1.807, 2.05) is 18.2 Å². The van der Waals surface area contributed by atoms with Crippen molar-refractivity contribution in [2.75, 3.05) is 6.26 Å². The fourth-order valence-electron chi connectivity index (χ4n) is 1.82. The van der Waals surface area contributed by atoms with Crippen molar-refractivity contribution in [1.29, 1.82) is 0 Å². The molecule has 0 amide bonds. The Hall–Kier alpha value is -1.81. The van der Waals surface area contributed by atoms with Crippen molar-refractivity contribution >= 4 is 22.8 Å². The summed E-state index contributed by atoms with van der Waals surface area (Å²) in [5.74, 6) is 0.901. The number of fused-ring (bicyclic) bond motifs is 1. The first-order valence-electron chi connectivity index (χ1n) is 5.31. The Morgan fingerprint density at radius 1 is 1.18 bits per heavy atom. The molecule has 0 saturated carbocycles. The summed E-state index contributed by atoms with van der Waals surface area (Å²) in [6, 6.07) is 10.2. The topological polar surface area (TPSA) is 41.6 Å². The van der Waals surface area contributed by atoms with E-state index in [0.29, 0.717) is 0 Å². The van der Waals surface area contributed by atoms with Gasteiger partial charge in [0.1, 0.15) is 5.82 Å². The highest BCUT2D eigenvalue weighted by atomic mass is 32.2. The van der Waals surface area contributed by atoms with Gasteiger partial charge in [-0.15, -0.1) is 11.8 Å². The van der Waals surface area contributed by atoms with E-state index < -0.39 is 0 Å². The van der Waals surface area contributed by atoms with E-state index in [2.05, 4.69) is 33.3 Å². The van der Waals surface area contributed by atoms with E-state index in [1.165, 1.54) is 4.90 Å². The molecule has 4 heteroatoms. The lowest BCUT2D eigenvalue weighted by atomic mass is 10.2. The summed E-state index contributed by atoms with van der Waals surface area (Å²) in [4.78, 5) is 13.2. The van der Waals surface area contributed by atoms with Crippen LogP contribution in [-0.2, 0) is 0 Å². The van der Waals surface area contributed by atoms with Gasteiger partial charge in [0.15, 0.2) is 0 Å². The van der Waals surface area contributed by atoms with Gasteiger partial charge in [-0.05, 0) is 18.4 Å². The van der Waals surface area contributed by atoms with Crippen molar-refractivity contribution in [2.45, 2.75) is 4.90 Å². The number of benzene rings is 1. The van der Waals surface area contributed by atoms with Crippen LogP contribution in [0.25, 0.3) is 22.4 Å². The number of aromatic nitrogens is 3. The van der Waals surface area contributed by atoms with Crippen LogP contribution in [0.1, 0.15) is 0 Å². The highest BCUT2D eigenvalue weighted by molar-refractivity contribution is 7.98. The molecule has 2 heterocycles. The molecular weight excluding hydrogens is 230 g/mol. The maximum Gasteiger partial charge on any atom is 0.139 e. The Labute approximate surface area is 103 Å². The molecule has 17 heavy (non-hydrogen) atoms. The zero-order valence-electron chi connectivity index (χ0n) is 9.34. The Bertz CT molecular complexity index is 627. The molecular formula is C13H11N3S. The molecule has 0 aliphatic carbocycles. The number of rotatable bonds is 2. The minimum absolute atomic E-state index is 0.901. The number of pyridine rings is 1. The Morgan fingerprint density at radius 3 is 2.88 bits per heavy atom. The van der Waals surface area contributed by atoms with Crippen LogP contribution in [0, 0.1) is 0 Å². The zero-order valence-corrected chi connectivity index (χ0v) is 10.2. The molecule has 0 saturated heterocycles. The SMILES string of the molecule is CSc1ccccc1-c1nc2ccncc2[nH]1. The van der Waals surface area contributed by atoms with E-state index in [1.54, 1.807) is 24.2 Å². The highest BCUT2D eigenvalue weighted by Crippen LogP contribution is 2.29. The van der Waals surface area contributed by atoms with Gasteiger partial charge in [-0.25, -0.2) is 4.98 Å². The number of hydrogen-bond acceptors (Lipinski definition) is 3. The second-order valence-corrected chi connectivity index (χ2v) is 4.53. The van der Waals surface area contributed by atoms with Crippen molar-refractivity contribution in [3.8, 4) is 11.4 Å². The van der Waals surface area contributed by atoms with Crippen LogP contribution in [-0.4, -0.2) is 21.2 Å². The molecule has 1 N–H and O–H groups in total. The highest BCUT2D eigenvalue weighted by Gasteiger charge is 2.08. The molecule has 84 valence electrons. The summed E-state index contributed by atoms with van der Waals surface area (Å²) in [5.41, 5.74) is 3.06. The van der Waals surface area contributed by atoms with Crippen LogP contribution in [0.15, 0.2) is 47.6 Å². The lowest BCUT2D eigenvalue weighted by Crippen LogP contribution is -1.83. The van der Waals surface area contributed by atoms with Crippen molar-refractivity contribution in [3.63, 3.8) is 0 Å². The predicted molar refractivity (Wildman–Crippen MR) is 71.1 cm³/mol. The summed E-state index contributed by atoms with van der Waals surface area (Å²) >= 11 is 1.72. The molecule has 2 aromatic heterocycles. The number of H-pyrrole nitrogens is 1. The first kappa shape index (κ1) is 10.4. The summed E-state index contributed by atoms with van der Waals surface area (Å²) in [7, 11) is 0. The third-order valence-corrected chi connectivity index (χ3v) is 3.44. The fraction of sp³-hybridized carbons (Fsp3) is 0.0769. The fourth-order valence-corrected chi connectivity index (χ4v) is 2.42. The predicted octanol–water partition coefficient (Wildman–Crippen LogP) is 3.35. The molecule has 1 aromatic carbocycles. The van der Waals surface area contributed by atoms with Gasteiger partial charge in [0.25, 0.3) is 0 Å². The van der Waals surface area contributed by atoms with Gasteiger partial charge in [-0.3, -0.25) is 4.98 Å². The van der Waals surface area contributed by atoms with E-state index in [9.17, 15) is 0 Å². The molecule has 0 atom stereocenters. The normalized spacial score (nSPS) is 10.9. The molecule has 0 aliphatic heterocycles. The maximum atomic E-state index is 4.58. The van der Waals surface area contributed by atoms with Crippen molar-refractivity contribution in [1.82, 2.24) is 15.0 Å². The average molecular weight is 241 g/mol. The van der Waals surface area contributed by atoms with Crippen LogP contribution in [0.5, 0.6) is 0 Å². The van der Waals surface area contributed by atoms with Gasteiger partial charge in [0.2, 0.25) is 0 Å². The van der Waals surface area contributed by atoms with Gasteiger partial charge in [0.05, 0.1) is 17.2 Å². The Kier molecular flexibility index (Phi) is 2.57. The van der Waals surface area contributed by atoms with Gasteiger partial charge in [-0.2, -0.15) is 0 Å². The molecule has 0 spiro atoms. The Morgan fingerprint density at radius 2 is 2.06 bits per heavy atom. The number of thioether (sulfide) groups is 1. The third-order valence-electron chi connectivity index (χ3n) is 2.65. The number of nitrogens with one attached hydrogen (secondary N) is 1. The third kappa shape index (κ3) is 1.80. The van der Waals surface area contributed by atoms with E-state index in [0.717, 1.165) is 22.4 Å². The molecule has 3 nitrogen and oxygen atoms in total. The van der Waals surface area contributed by atoms with Crippen molar-refractivity contribution < 1.29 is 0 Å². The van der Waals surface area contributed by atoms with Crippen LogP contribution in [0.2, 0.25) is 0 Å². The van der Waals surface area contributed by atoms with Gasteiger partial charge in [-0.1, -0.05) is 18.2 Å². The first-order chi connectivity index (χ1) is 8.38. The quantitative estimate of drug-likeness (QED) is 0.699. The summed E-state index contributed by atoms with van der Waals surface area (Å²) in [5, 5.41) is 0. The van der Waals surface area contributed by atoms with E-state index in [4.69, 9.17) is 0 Å². The van der Waals surface area contributed by atoms with Crippen molar-refractivity contribution in [2.24, 2.45) is 0 Å². The molecule has 0 fully saturated rings. The summed E-state index contributed by atoms with van der Waals surface area (Å²) in [6.45, 7) is 0. The molecule has 0 aliphatic rings. The summed E-state index contributed by atoms with van der Waals surface area (Å²) < 4.78 is 0. The average Bonchev–Trinajstić information content (AvgIpc) is 2.82. The van der Waals surface area contributed by atoms with Gasteiger partial charge in [0, 0.05) is 16.7 Å². The smallest absolute Gasteiger partial charge is 0.139 e. The monoisotopic (exact) mass is 241 g/mol. The molecule has 0 unspecified atom stereocenters. The van der Waals surface area contributed by atoms with Crippen LogP contribution < -0.4 is 0 Å². The zero-order chi connectivity index (χ0) is 11.7. The molecule has 3 aromatic rings. The number of aromatic amines is 1. The number of imidazole rings is 1. The molecule has 0 bridgehead atoms. The lowest BCUT2D eigenvalue weighted by molar-refractivity contribution is 1.29. The second kappa shape index (κ2) is 4.22.